The van der Waals surface area contributed by atoms with Crippen LogP contribution in [0.4, 0.5) is 0 Å². The summed E-state index contributed by atoms with van der Waals surface area (Å²) in [6.45, 7) is 7.35. The zero-order valence-electron chi connectivity index (χ0n) is 11.9. The molecule has 1 aromatic rings. The highest BCUT2D eigenvalue weighted by atomic mass is 16.3. The molecule has 1 rings (SSSR count). The maximum Gasteiger partial charge on any atom is 0.0914 e. The largest absolute Gasteiger partial charge is 0.387 e. The van der Waals surface area contributed by atoms with E-state index in [9.17, 15) is 5.11 Å². The highest BCUT2D eigenvalue weighted by molar-refractivity contribution is 5.17. The average Bonchev–Trinajstić information content (AvgIpc) is 2.36. The maximum atomic E-state index is 10.0. The molecule has 0 aliphatic carbocycles. The molecule has 0 amide bonds. The fourth-order valence-corrected chi connectivity index (χ4v) is 2.04. The Labute approximate surface area is 111 Å². The quantitative estimate of drug-likeness (QED) is 0.739. The van der Waals surface area contributed by atoms with Gasteiger partial charge < -0.3 is 10.4 Å². The first kappa shape index (κ1) is 15.2. The minimum absolute atomic E-state index is 0.404. The third kappa shape index (κ3) is 6.18. The number of hydrogen-bond acceptors (Lipinski definition) is 2. The summed E-state index contributed by atoms with van der Waals surface area (Å²) in [6, 6.07) is 10.3. The number of aliphatic hydroxyl groups excluding tert-OH is 1. The fourth-order valence-electron chi connectivity index (χ4n) is 2.04. The van der Waals surface area contributed by atoms with Crippen molar-refractivity contribution in [1.82, 2.24) is 5.32 Å². The minimum Gasteiger partial charge on any atom is -0.387 e. The standard InChI is InChI=1S/C16H27NO/c1-13(2)8-7-9-14(3)17-12-16(18)15-10-5-4-6-11-15/h4-6,10-11,13-14,16-18H,7-9,12H2,1-3H3/t14-,16+/m0/s1. The van der Waals surface area contributed by atoms with E-state index in [-0.39, 0.29) is 0 Å². The molecule has 0 saturated heterocycles. The van der Waals surface area contributed by atoms with Gasteiger partial charge >= 0.3 is 0 Å². The van der Waals surface area contributed by atoms with Crippen molar-refractivity contribution >= 4 is 0 Å². The first-order valence-corrected chi connectivity index (χ1v) is 7.06. The molecule has 0 spiro atoms. The van der Waals surface area contributed by atoms with Gasteiger partial charge in [-0.2, -0.15) is 0 Å². The lowest BCUT2D eigenvalue weighted by Crippen LogP contribution is -2.30. The fraction of sp³-hybridized carbons (Fsp3) is 0.625. The molecule has 2 atom stereocenters. The predicted molar refractivity (Wildman–Crippen MR) is 77.6 cm³/mol. The first-order valence-electron chi connectivity index (χ1n) is 7.06. The van der Waals surface area contributed by atoms with Crippen molar-refractivity contribution in [3.05, 3.63) is 35.9 Å². The number of rotatable bonds is 8. The number of aliphatic hydroxyl groups is 1. The van der Waals surface area contributed by atoms with Gasteiger partial charge in [-0.15, -0.1) is 0 Å². The van der Waals surface area contributed by atoms with Crippen LogP contribution in [0.3, 0.4) is 0 Å². The Kier molecular flexibility index (Phi) is 6.99. The molecule has 0 heterocycles. The topological polar surface area (TPSA) is 32.3 Å². The van der Waals surface area contributed by atoms with Crippen molar-refractivity contribution in [1.29, 1.82) is 0 Å². The first-order chi connectivity index (χ1) is 8.59. The highest BCUT2D eigenvalue weighted by Crippen LogP contribution is 2.12. The molecule has 2 nitrogen and oxygen atoms in total. The van der Waals surface area contributed by atoms with E-state index in [4.69, 9.17) is 0 Å². The highest BCUT2D eigenvalue weighted by Gasteiger charge is 2.08. The van der Waals surface area contributed by atoms with E-state index in [0.717, 1.165) is 11.5 Å². The lowest BCUT2D eigenvalue weighted by Gasteiger charge is -2.17. The summed E-state index contributed by atoms with van der Waals surface area (Å²) in [5.41, 5.74) is 0.986. The Hall–Kier alpha value is -0.860. The second kappa shape index (κ2) is 8.28. The molecule has 0 bridgehead atoms. The Morgan fingerprint density at radius 2 is 1.72 bits per heavy atom. The van der Waals surface area contributed by atoms with Gasteiger partial charge in [0.25, 0.3) is 0 Å². The SMILES string of the molecule is CC(C)CCC[C@H](C)NC[C@@H](O)c1ccccc1. The molecule has 0 radical (unpaired) electrons. The lowest BCUT2D eigenvalue weighted by molar-refractivity contribution is 0.169. The van der Waals surface area contributed by atoms with E-state index in [2.05, 4.69) is 26.1 Å². The van der Waals surface area contributed by atoms with Crippen LogP contribution in [0.1, 0.15) is 51.7 Å². The third-order valence-corrected chi connectivity index (χ3v) is 3.26. The molecular formula is C16H27NO. The average molecular weight is 249 g/mol. The monoisotopic (exact) mass is 249 g/mol. The Morgan fingerprint density at radius 3 is 2.33 bits per heavy atom. The molecule has 0 aliphatic heterocycles. The molecule has 1 aromatic carbocycles. The van der Waals surface area contributed by atoms with E-state index in [0.29, 0.717) is 12.6 Å². The second-order valence-electron chi connectivity index (χ2n) is 5.56. The van der Waals surface area contributed by atoms with Gasteiger partial charge in [0, 0.05) is 12.6 Å². The molecule has 18 heavy (non-hydrogen) atoms. The zero-order valence-corrected chi connectivity index (χ0v) is 11.9. The summed E-state index contributed by atoms with van der Waals surface area (Å²) in [5, 5.41) is 13.4. The summed E-state index contributed by atoms with van der Waals surface area (Å²) in [5.74, 6) is 0.784. The Bertz CT molecular complexity index is 310. The Balaban J connectivity index is 2.20. The van der Waals surface area contributed by atoms with Crippen LogP contribution in [0.25, 0.3) is 0 Å². The molecular weight excluding hydrogens is 222 g/mol. The molecule has 2 heteroatoms. The van der Waals surface area contributed by atoms with Gasteiger partial charge in [-0.05, 0) is 24.8 Å². The molecule has 0 fully saturated rings. The van der Waals surface area contributed by atoms with Crippen LogP contribution in [0.2, 0.25) is 0 Å². The summed E-state index contributed by atoms with van der Waals surface area (Å²) in [7, 11) is 0. The van der Waals surface area contributed by atoms with E-state index < -0.39 is 6.10 Å². The van der Waals surface area contributed by atoms with E-state index in [1.54, 1.807) is 0 Å². The zero-order chi connectivity index (χ0) is 13.4. The van der Waals surface area contributed by atoms with Crippen LogP contribution in [0, 0.1) is 5.92 Å². The van der Waals surface area contributed by atoms with Gasteiger partial charge in [-0.3, -0.25) is 0 Å². The van der Waals surface area contributed by atoms with Crippen molar-refractivity contribution in [2.75, 3.05) is 6.54 Å². The van der Waals surface area contributed by atoms with Gasteiger partial charge in [0.15, 0.2) is 0 Å². The van der Waals surface area contributed by atoms with Gasteiger partial charge in [-0.1, -0.05) is 57.0 Å². The maximum absolute atomic E-state index is 10.0. The summed E-state index contributed by atoms with van der Waals surface area (Å²) < 4.78 is 0. The van der Waals surface area contributed by atoms with Crippen LogP contribution in [-0.4, -0.2) is 17.7 Å². The molecule has 0 saturated carbocycles. The van der Waals surface area contributed by atoms with Crippen molar-refractivity contribution in [3.63, 3.8) is 0 Å². The molecule has 0 unspecified atom stereocenters. The van der Waals surface area contributed by atoms with Gasteiger partial charge in [0.2, 0.25) is 0 Å². The van der Waals surface area contributed by atoms with Gasteiger partial charge in [0.05, 0.1) is 6.10 Å². The molecule has 0 aromatic heterocycles. The van der Waals surface area contributed by atoms with Gasteiger partial charge in [0.1, 0.15) is 0 Å². The summed E-state index contributed by atoms with van der Waals surface area (Å²) in [4.78, 5) is 0. The van der Waals surface area contributed by atoms with Crippen molar-refractivity contribution in [3.8, 4) is 0 Å². The molecule has 2 N–H and O–H groups in total. The van der Waals surface area contributed by atoms with Crippen molar-refractivity contribution < 1.29 is 5.11 Å². The normalized spacial score (nSPS) is 14.7. The van der Waals surface area contributed by atoms with Crippen LogP contribution in [0.15, 0.2) is 30.3 Å². The molecule has 0 aliphatic rings. The smallest absolute Gasteiger partial charge is 0.0914 e. The van der Waals surface area contributed by atoms with Crippen molar-refractivity contribution in [2.24, 2.45) is 5.92 Å². The van der Waals surface area contributed by atoms with E-state index >= 15 is 0 Å². The lowest BCUT2D eigenvalue weighted by atomic mass is 10.0. The second-order valence-corrected chi connectivity index (χ2v) is 5.56. The van der Waals surface area contributed by atoms with Gasteiger partial charge in [-0.25, -0.2) is 0 Å². The predicted octanol–water partition coefficient (Wildman–Crippen LogP) is 3.52. The number of nitrogens with one attached hydrogen (secondary N) is 1. The van der Waals surface area contributed by atoms with Crippen LogP contribution < -0.4 is 5.32 Å². The number of hydrogen-bond donors (Lipinski definition) is 2. The Morgan fingerprint density at radius 1 is 1.06 bits per heavy atom. The van der Waals surface area contributed by atoms with Crippen LogP contribution in [0.5, 0.6) is 0 Å². The van der Waals surface area contributed by atoms with E-state index in [1.807, 2.05) is 30.3 Å². The molecule has 102 valence electrons. The van der Waals surface area contributed by atoms with E-state index in [1.165, 1.54) is 19.3 Å². The van der Waals surface area contributed by atoms with Crippen molar-refractivity contribution in [2.45, 2.75) is 52.2 Å². The number of benzene rings is 1. The summed E-state index contributed by atoms with van der Waals surface area (Å²) in [6.07, 6.45) is 3.32. The minimum atomic E-state index is -0.404. The summed E-state index contributed by atoms with van der Waals surface area (Å²) >= 11 is 0. The van der Waals surface area contributed by atoms with Crippen LogP contribution in [-0.2, 0) is 0 Å². The third-order valence-electron chi connectivity index (χ3n) is 3.26. The van der Waals surface area contributed by atoms with Crippen LogP contribution >= 0.6 is 0 Å².